The second-order valence-electron chi connectivity index (χ2n) is 6.40. The smallest absolute Gasteiger partial charge is 0.339 e. The normalized spacial score (nSPS) is 15.0. The minimum atomic E-state index is -0.479. The molecule has 0 N–H and O–H groups in total. The zero-order valence-electron chi connectivity index (χ0n) is 14.1. The largest absolute Gasteiger partial charge is 0.462 e. The highest BCUT2D eigenvalue weighted by Gasteiger charge is 2.24. The van der Waals surface area contributed by atoms with Crippen molar-refractivity contribution in [1.29, 1.82) is 0 Å². The molecule has 0 fully saturated rings. The minimum Gasteiger partial charge on any atom is -0.462 e. The molecule has 0 saturated heterocycles. The molecule has 0 aromatic rings. The molecule has 0 amide bonds. The number of hydrogen-bond acceptors (Lipinski definition) is 4. The summed E-state index contributed by atoms with van der Waals surface area (Å²) in [6.07, 6.45) is 5.84. The summed E-state index contributed by atoms with van der Waals surface area (Å²) in [6, 6.07) is 0. The van der Waals surface area contributed by atoms with Gasteiger partial charge in [-0.3, -0.25) is 0 Å². The van der Waals surface area contributed by atoms with Gasteiger partial charge in [0.15, 0.2) is 0 Å². The summed E-state index contributed by atoms with van der Waals surface area (Å²) >= 11 is 0. The minimum absolute atomic E-state index is 0.243. The molecule has 0 unspecified atom stereocenters. The third-order valence-electron chi connectivity index (χ3n) is 2.99. The van der Waals surface area contributed by atoms with Gasteiger partial charge < -0.3 is 9.47 Å². The molecule has 0 aromatic heterocycles. The summed E-state index contributed by atoms with van der Waals surface area (Å²) in [5, 5.41) is 0. The Balaban J connectivity index is 2.91. The Bertz CT molecular complexity index is 507. The SMILES string of the molecule is CC1=CC=C(C(=O)OCC(C)C)C(C(=O)OCC(C)C)=CC1. The number of hydrogen-bond donors (Lipinski definition) is 0. The van der Waals surface area contributed by atoms with E-state index in [2.05, 4.69) is 0 Å². The third-order valence-corrected chi connectivity index (χ3v) is 2.99. The highest BCUT2D eigenvalue weighted by atomic mass is 16.5. The van der Waals surface area contributed by atoms with Crippen LogP contribution in [0.1, 0.15) is 41.0 Å². The third kappa shape index (κ3) is 5.88. The maximum atomic E-state index is 12.3. The standard InChI is InChI=1S/C18H26O4/c1-12(2)10-21-17(19)15-8-6-14(5)7-9-16(15)18(20)22-11-13(3)4/h6,8-9,12-13H,7,10-11H2,1-5H3. The fourth-order valence-electron chi connectivity index (χ4n) is 1.77. The van der Waals surface area contributed by atoms with Gasteiger partial charge in [-0.05, 0) is 31.3 Å². The Labute approximate surface area is 132 Å². The van der Waals surface area contributed by atoms with E-state index in [1.807, 2.05) is 40.7 Å². The lowest BCUT2D eigenvalue weighted by molar-refractivity contribution is -0.143. The second kappa shape index (κ2) is 8.57. The number of allylic oxidation sites excluding steroid dienone is 4. The van der Waals surface area contributed by atoms with Crippen molar-refractivity contribution in [3.05, 3.63) is 34.9 Å². The van der Waals surface area contributed by atoms with Crippen LogP contribution in [-0.4, -0.2) is 25.2 Å². The van der Waals surface area contributed by atoms with Crippen molar-refractivity contribution in [3.8, 4) is 0 Å². The molecule has 4 heteroatoms. The molecular weight excluding hydrogens is 280 g/mol. The van der Waals surface area contributed by atoms with Crippen molar-refractivity contribution < 1.29 is 19.1 Å². The Morgan fingerprint density at radius 2 is 1.45 bits per heavy atom. The first-order valence-corrected chi connectivity index (χ1v) is 7.73. The Morgan fingerprint density at radius 1 is 0.955 bits per heavy atom. The summed E-state index contributed by atoms with van der Waals surface area (Å²) < 4.78 is 10.5. The van der Waals surface area contributed by atoms with E-state index in [0.29, 0.717) is 25.2 Å². The summed E-state index contributed by atoms with van der Waals surface area (Å²) in [5.41, 5.74) is 1.63. The zero-order chi connectivity index (χ0) is 16.7. The van der Waals surface area contributed by atoms with Crippen LogP contribution in [0.15, 0.2) is 34.9 Å². The maximum Gasteiger partial charge on any atom is 0.339 e. The topological polar surface area (TPSA) is 52.6 Å². The highest BCUT2D eigenvalue weighted by Crippen LogP contribution is 2.21. The summed E-state index contributed by atoms with van der Waals surface area (Å²) in [7, 11) is 0. The number of carbonyl (C=O) groups is 2. The van der Waals surface area contributed by atoms with Gasteiger partial charge in [-0.25, -0.2) is 9.59 Å². The molecule has 1 aliphatic carbocycles. The fourth-order valence-corrected chi connectivity index (χ4v) is 1.77. The molecule has 0 spiro atoms. The van der Waals surface area contributed by atoms with E-state index in [4.69, 9.17) is 9.47 Å². The molecule has 0 atom stereocenters. The number of carbonyl (C=O) groups excluding carboxylic acids is 2. The molecule has 0 radical (unpaired) electrons. The van der Waals surface area contributed by atoms with Gasteiger partial charge in [-0.15, -0.1) is 0 Å². The lowest BCUT2D eigenvalue weighted by atomic mass is 10.1. The Morgan fingerprint density at radius 3 is 1.95 bits per heavy atom. The molecule has 0 saturated carbocycles. The van der Waals surface area contributed by atoms with E-state index in [1.54, 1.807) is 12.2 Å². The quantitative estimate of drug-likeness (QED) is 0.704. The van der Waals surface area contributed by atoms with Crippen LogP contribution >= 0.6 is 0 Å². The van der Waals surface area contributed by atoms with Crippen LogP contribution in [0.4, 0.5) is 0 Å². The fraction of sp³-hybridized carbons (Fsp3) is 0.556. The molecular formula is C18H26O4. The van der Waals surface area contributed by atoms with Gasteiger partial charge >= 0.3 is 11.9 Å². The second-order valence-corrected chi connectivity index (χ2v) is 6.40. The molecule has 0 aliphatic heterocycles. The summed E-state index contributed by atoms with van der Waals surface area (Å²) in [6.45, 7) is 10.5. The van der Waals surface area contributed by atoms with Crippen LogP contribution in [0, 0.1) is 11.8 Å². The predicted molar refractivity (Wildman–Crippen MR) is 86.1 cm³/mol. The van der Waals surface area contributed by atoms with Crippen LogP contribution in [0.3, 0.4) is 0 Å². The monoisotopic (exact) mass is 306 g/mol. The van der Waals surface area contributed by atoms with Crippen molar-refractivity contribution in [3.63, 3.8) is 0 Å². The molecule has 22 heavy (non-hydrogen) atoms. The van der Waals surface area contributed by atoms with Gasteiger partial charge in [0.05, 0.1) is 24.4 Å². The maximum absolute atomic E-state index is 12.3. The van der Waals surface area contributed by atoms with Crippen LogP contribution < -0.4 is 0 Å². The van der Waals surface area contributed by atoms with Crippen LogP contribution in [0.2, 0.25) is 0 Å². The van der Waals surface area contributed by atoms with E-state index in [0.717, 1.165) is 5.57 Å². The zero-order valence-corrected chi connectivity index (χ0v) is 14.1. The molecule has 0 aromatic carbocycles. The first-order valence-electron chi connectivity index (χ1n) is 7.73. The van der Waals surface area contributed by atoms with Crippen molar-refractivity contribution >= 4 is 11.9 Å². The average Bonchev–Trinajstić information content (AvgIpc) is 2.64. The van der Waals surface area contributed by atoms with Gasteiger partial charge in [0, 0.05) is 0 Å². The van der Waals surface area contributed by atoms with E-state index >= 15 is 0 Å². The molecule has 0 bridgehead atoms. The van der Waals surface area contributed by atoms with Crippen molar-refractivity contribution in [1.82, 2.24) is 0 Å². The first-order chi connectivity index (χ1) is 10.3. The molecule has 1 aliphatic rings. The van der Waals surface area contributed by atoms with E-state index < -0.39 is 11.9 Å². The van der Waals surface area contributed by atoms with Crippen molar-refractivity contribution in [2.45, 2.75) is 41.0 Å². The van der Waals surface area contributed by atoms with Gasteiger partial charge in [-0.2, -0.15) is 0 Å². The average molecular weight is 306 g/mol. The van der Waals surface area contributed by atoms with E-state index in [-0.39, 0.29) is 17.4 Å². The summed E-state index contributed by atoms with van der Waals surface area (Å²) in [5.74, 6) is -0.458. The lowest BCUT2D eigenvalue weighted by Gasteiger charge is -2.13. The van der Waals surface area contributed by atoms with Crippen LogP contribution in [0.5, 0.6) is 0 Å². The van der Waals surface area contributed by atoms with E-state index in [9.17, 15) is 9.59 Å². The predicted octanol–water partition coefficient (Wildman–Crippen LogP) is 3.59. The van der Waals surface area contributed by atoms with Gasteiger partial charge in [0.2, 0.25) is 0 Å². The van der Waals surface area contributed by atoms with E-state index in [1.165, 1.54) is 0 Å². The lowest BCUT2D eigenvalue weighted by Crippen LogP contribution is -2.19. The van der Waals surface area contributed by atoms with Crippen LogP contribution in [0.25, 0.3) is 0 Å². The molecule has 0 heterocycles. The van der Waals surface area contributed by atoms with Crippen LogP contribution in [-0.2, 0) is 19.1 Å². The molecule has 122 valence electrons. The Hall–Kier alpha value is -1.84. The van der Waals surface area contributed by atoms with Gasteiger partial charge in [0.25, 0.3) is 0 Å². The van der Waals surface area contributed by atoms with Crippen molar-refractivity contribution in [2.75, 3.05) is 13.2 Å². The number of esters is 2. The Kier molecular flexibility index (Phi) is 7.09. The van der Waals surface area contributed by atoms with Gasteiger partial charge in [-0.1, -0.05) is 45.4 Å². The molecule has 1 rings (SSSR count). The summed E-state index contributed by atoms with van der Waals surface area (Å²) in [4.78, 5) is 24.5. The first kappa shape index (κ1) is 18.2. The highest BCUT2D eigenvalue weighted by molar-refractivity contribution is 6.07. The number of rotatable bonds is 6. The number of ether oxygens (including phenoxy) is 2. The van der Waals surface area contributed by atoms with Gasteiger partial charge in [0.1, 0.15) is 0 Å². The molecule has 4 nitrogen and oxygen atoms in total. The van der Waals surface area contributed by atoms with Crippen molar-refractivity contribution in [2.24, 2.45) is 11.8 Å².